The lowest BCUT2D eigenvalue weighted by molar-refractivity contribution is -0.119. The highest BCUT2D eigenvalue weighted by Gasteiger charge is 2.27. The maximum atomic E-state index is 12.8. The molecule has 0 aromatic heterocycles. The highest BCUT2D eigenvalue weighted by molar-refractivity contribution is 8.01. The number of benzene rings is 2. The molecule has 2 aromatic rings. The first-order valence-electron chi connectivity index (χ1n) is 9.28. The van der Waals surface area contributed by atoms with Crippen molar-refractivity contribution in [2.75, 3.05) is 16.4 Å². The number of nitrogens with one attached hydrogen (secondary N) is 2. The fraction of sp³-hybridized carbons (Fsp3) is 0.333. The van der Waals surface area contributed by atoms with Crippen LogP contribution in [0, 0.1) is 19.8 Å². The molecular formula is C21H24N2O4S2. The zero-order chi connectivity index (χ0) is 21.3. The number of rotatable bonds is 5. The summed E-state index contributed by atoms with van der Waals surface area (Å²) in [4.78, 5) is 25.3. The Labute approximate surface area is 175 Å². The molecule has 29 heavy (non-hydrogen) atoms. The average Bonchev–Trinajstić information content (AvgIpc) is 2.61. The number of carbonyl (C=O) groups is 2. The van der Waals surface area contributed by atoms with Gasteiger partial charge in [-0.1, -0.05) is 13.0 Å². The molecule has 1 aliphatic heterocycles. The Morgan fingerprint density at radius 2 is 1.83 bits per heavy atom. The lowest BCUT2D eigenvalue weighted by Gasteiger charge is -2.22. The van der Waals surface area contributed by atoms with Crippen molar-refractivity contribution in [2.45, 2.75) is 42.7 Å². The largest absolute Gasteiger partial charge is 0.326 e. The van der Waals surface area contributed by atoms with Gasteiger partial charge in [0.2, 0.25) is 11.8 Å². The molecular weight excluding hydrogens is 408 g/mol. The molecule has 8 heteroatoms. The van der Waals surface area contributed by atoms with Crippen LogP contribution < -0.4 is 10.6 Å². The second-order valence-corrected chi connectivity index (χ2v) is 10.9. The summed E-state index contributed by atoms with van der Waals surface area (Å²) in [6.45, 7) is 7.26. The van der Waals surface area contributed by atoms with E-state index in [2.05, 4.69) is 10.6 Å². The molecule has 2 atom stereocenters. The minimum absolute atomic E-state index is 0.0951. The second kappa shape index (κ2) is 8.20. The first-order valence-corrected chi connectivity index (χ1v) is 11.8. The molecule has 0 saturated carbocycles. The smallest absolute Gasteiger partial charge is 0.237 e. The molecule has 2 aromatic carbocycles. The minimum atomic E-state index is -3.70. The molecule has 1 aliphatic rings. The van der Waals surface area contributed by atoms with Crippen molar-refractivity contribution >= 4 is 44.8 Å². The van der Waals surface area contributed by atoms with Crippen molar-refractivity contribution in [3.8, 4) is 0 Å². The van der Waals surface area contributed by atoms with E-state index in [9.17, 15) is 18.0 Å². The molecule has 0 unspecified atom stereocenters. The fourth-order valence-electron chi connectivity index (χ4n) is 3.19. The van der Waals surface area contributed by atoms with Gasteiger partial charge < -0.3 is 10.6 Å². The number of fused-ring (bicyclic) bond motifs is 1. The van der Waals surface area contributed by atoms with Gasteiger partial charge in [0, 0.05) is 16.5 Å². The van der Waals surface area contributed by atoms with Crippen molar-refractivity contribution < 1.29 is 18.0 Å². The highest BCUT2D eigenvalue weighted by atomic mass is 32.2. The predicted octanol–water partition coefficient (Wildman–Crippen LogP) is 3.78. The second-order valence-electron chi connectivity index (χ2n) is 7.46. The zero-order valence-electron chi connectivity index (χ0n) is 16.8. The molecule has 154 valence electrons. The van der Waals surface area contributed by atoms with E-state index in [1.54, 1.807) is 19.9 Å². The summed E-state index contributed by atoms with van der Waals surface area (Å²) in [7, 11) is -3.70. The molecule has 0 aliphatic carbocycles. The highest BCUT2D eigenvalue weighted by Crippen LogP contribution is 2.37. The monoisotopic (exact) mass is 432 g/mol. The van der Waals surface area contributed by atoms with Gasteiger partial charge in [0.1, 0.15) is 0 Å². The van der Waals surface area contributed by atoms with E-state index in [1.165, 1.54) is 23.9 Å². The molecule has 2 N–H and O–H groups in total. The normalized spacial score (nSPS) is 17.2. The van der Waals surface area contributed by atoms with E-state index in [0.29, 0.717) is 11.4 Å². The summed E-state index contributed by atoms with van der Waals surface area (Å²) in [5.74, 6) is -1.56. The molecule has 2 amide bonds. The van der Waals surface area contributed by atoms with Gasteiger partial charge >= 0.3 is 0 Å². The Balaban J connectivity index is 1.74. The van der Waals surface area contributed by atoms with Crippen LogP contribution in [0.25, 0.3) is 0 Å². The number of sulfone groups is 1. The third-order valence-corrected chi connectivity index (χ3v) is 7.74. The number of hydrogen-bond acceptors (Lipinski definition) is 5. The summed E-state index contributed by atoms with van der Waals surface area (Å²) < 4.78 is 25.7. The lowest BCUT2D eigenvalue weighted by Crippen LogP contribution is -2.28. The van der Waals surface area contributed by atoms with Gasteiger partial charge in [0.25, 0.3) is 0 Å². The maximum Gasteiger partial charge on any atom is 0.237 e. The van der Waals surface area contributed by atoms with Crippen LogP contribution >= 0.6 is 11.8 Å². The molecule has 0 radical (unpaired) electrons. The minimum Gasteiger partial charge on any atom is -0.326 e. The average molecular weight is 433 g/mol. The van der Waals surface area contributed by atoms with Crippen molar-refractivity contribution in [3.63, 3.8) is 0 Å². The van der Waals surface area contributed by atoms with Crippen LogP contribution in [0.5, 0.6) is 0 Å². The Hall–Kier alpha value is -2.32. The third kappa shape index (κ3) is 5.00. The van der Waals surface area contributed by atoms with E-state index in [-0.39, 0.29) is 27.7 Å². The van der Waals surface area contributed by atoms with E-state index in [4.69, 9.17) is 0 Å². The van der Waals surface area contributed by atoms with Gasteiger partial charge in [0.05, 0.1) is 21.6 Å². The molecule has 0 fully saturated rings. The first kappa shape index (κ1) is 21.4. The van der Waals surface area contributed by atoms with Crippen LogP contribution in [0.2, 0.25) is 0 Å². The van der Waals surface area contributed by atoms with E-state index < -0.39 is 15.8 Å². The quantitative estimate of drug-likeness (QED) is 0.750. The summed E-state index contributed by atoms with van der Waals surface area (Å²) in [5.41, 5.74) is 3.18. The Bertz CT molecular complexity index is 1060. The number of carbonyl (C=O) groups excluding carboxylic acids is 2. The topological polar surface area (TPSA) is 92.3 Å². The van der Waals surface area contributed by atoms with Crippen LogP contribution in [-0.2, 0) is 19.4 Å². The van der Waals surface area contributed by atoms with E-state index >= 15 is 0 Å². The molecule has 0 spiro atoms. The standard InChI is InChI=1S/C21H24N2O4S2/c1-12-7-13(2)9-16(8-12)22-20(24)14(3)11-29(26,27)17-5-6-19-18(10-17)23-21(25)15(4)28-19/h5-10,14-15H,11H2,1-4H3,(H,22,24)(H,23,25)/t14-,15+/m1/s1. The molecule has 1 heterocycles. The first-order chi connectivity index (χ1) is 13.5. The van der Waals surface area contributed by atoms with Gasteiger partial charge in [-0.05, 0) is 62.2 Å². The van der Waals surface area contributed by atoms with Crippen molar-refractivity contribution in [1.29, 1.82) is 0 Å². The number of amides is 2. The summed E-state index contributed by atoms with van der Waals surface area (Å²) in [6, 6.07) is 10.4. The fourth-order valence-corrected chi connectivity index (χ4v) is 5.70. The Morgan fingerprint density at radius 1 is 1.17 bits per heavy atom. The molecule has 0 saturated heterocycles. The van der Waals surface area contributed by atoms with Gasteiger partial charge in [-0.3, -0.25) is 9.59 Å². The zero-order valence-corrected chi connectivity index (χ0v) is 18.4. The van der Waals surface area contributed by atoms with Gasteiger partial charge in [0.15, 0.2) is 9.84 Å². The van der Waals surface area contributed by atoms with Crippen LogP contribution in [0.15, 0.2) is 46.2 Å². The predicted molar refractivity (Wildman–Crippen MR) is 116 cm³/mol. The summed E-state index contributed by atoms with van der Waals surface area (Å²) >= 11 is 1.39. The van der Waals surface area contributed by atoms with Gasteiger partial charge in [-0.2, -0.15) is 0 Å². The van der Waals surface area contributed by atoms with Gasteiger partial charge in [-0.25, -0.2) is 8.42 Å². The van der Waals surface area contributed by atoms with E-state index in [1.807, 2.05) is 32.0 Å². The lowest BCUT2D eigenvalue weighted by atomic mass is 10.1. The Kier molecular flexibility index (Phi) is 6.05. The van der Waals surface area contributed by atoms with Crippen LogP contribution in [0.4, 0.5) is 11.4 Å². The number of thioether (sulfide) groups is 1. The SMILES string of the molecule is Cc1cc(C)cc(NC(=O)[C@H](C)CS(=O)(=O)c2ccc3c(c2)NC(=O)[C@H](C)S3)c1. The maximum absolute atomic E-state index is 12.8. The Morgan fingerprint density at radius 3 is 2.48 bits per heavy atom. The summed E-state index contributed by atoms with van der Waals surface area (Å²) in [6.07, 6.45) is 0. The third-order valence-electron chi connectivity index (χ3n) is 4.65. The molecule has 3 rings (SSSR count). The van der Waals surface area contributed by atoms with Gasteiger partial charge in [-0.15, -0.1) is 11.8 Å². The van der Waals surface area contributed by atoms with Crippen molar-refractivity contribution in [1.82, 2.24) is 0 Å². The summed E-state index contributed by atoms with van der Waals surface area (Å²) in [5, 5.41) is 5.31. The van der Waals surface area contributed by atoms with Crippen LogP contribution in [-0.4, -0.2) is 31.2 Å². The van der Waals surface area contributed by atoms with Crippen molar-refractivity contribution in [2.24, 2.45) is 5.92 Å². The van der Waals surface area contributed by atoms with Crippen LogP contribution in [0.1, 0.15) is 25.0 Å². The van der Waals surface area contributed by atoms with Crippen molar-refractivity contribution in [3.05, 3.63) is 47.5 Å². The number of aryl methyl sites for hydroxylation is 2. The van der Waals surface area contributed by atoms with E-state index in [0.717, 1.165) is 16.0 Å². The van der Waals surface area contributed by atoms with Crippen LogP contribution in [0.3, 0.4) is 0 Å². The molecule has 6 nitrogen and oxygen atoms in total. The number of hydrogen-bond donors (Lipinski definition) is 2. The number of anilines is 2. The molecule has 0 bridgehead atoms.